The second-order valence-electron chi connectivity index (χ2n) is 7.27. The number of hydrogen-bond donors (Lipinski definition) is 0. The Hall–Kier alpha value is -4.10. The van der Waals surface area contributed by atoms with Crippen LogP contribution < -0.4 is 18.5 Å². The van der Waals surface area contributed by atoms with Crippen molar-refractivity contribution in [3.63, 3.8) is 0 Å². The highest BCUT2D eigenvalue weighted by molar-refractivity contribution is 7.93. The molecule has 1 amide bonds. The summed E-state index contributed by atoms with van der Waals surface area (Å²) in [7, 11) is -1.61. The number of amides is 1. The number of nitriles is 1. The fourth-order valence-electron chi connectivity index (χ4n) is 3.92. The summed E-state index contributed by atoms with van der Waals surface area (Å²) >= 11 is 0. The largest absolute Gasteiger partial charge is 0.497 e. The number of benzene rings is 2. The summed E-state index contributed by atoms with van der Waals surface area (Å²) in [4.78, 5) is 17.8. The number of rotatable bonds is 7. The van der Waals surface area contributed by atoms with Gasteiger partial charge in [-0.05, 0) is 48.9 Å². The maximum absolute atomic E-state index is 13.8. The predicted molar refractivity (Wildman–Crippen MR) is 123 cm³/mol. The normalized spacial score (nSPS) is 14.9. The van der Waals surface area contributed by atoms with Crippen molar-refractivity contribution in [2.75, 3.05) is 25.1 Å². The topological polar surface area (TPSA) is 119 Å². The number of pyridine rings is 1. The Bertz CT molecular complexity index is 1410. The van der Waals surface area contributed by atoms with Crippen LogP contribution in [-0.2, 0) is 14.8 Å². The minimum atomic E-state index is -4.40. The lowest BCUT2D eigenvalue weighted by molar-refractivity contribution is -0.117. The molecule has 0 radical (unpaired) electrons. The van der Waals surface area contributed by atoms with E-state index in [1.807, 2.05) is 6.07 Å². The molecular formula is C24H21N3O6S. The lowest BCUT2D eigenvalue weighted by Gasteiger charge is -2.20. The molecule has 10 heteroatoms. The van der Waals surface area contributed by atoms with Crippen LogP contribution in [0.4, 0.5) is 5.69 Å². The number of anilines is 1. The molecule has 1 aromatic heterocycles. The van der Waals surface area contributed by atoms with Gasteiger partial charge in [0.15, 0.2) is 0 Å². The molecule has 4 rings (SSSR count). The van der Waals surface area contributed by atoms with Crippen molar-refractivity contribution in [2.24, 2.45) is 0 Å². The minimum Gasteiger partial charge on any atom is -0.497 e. The Kier molecular flexibility index (Phi) is 6.13. The standard InChI is InChI=1S/C24H21N3O6S/c1-4-33-23-17(6-5-11-26-23)22-18-12-15(14-25)7-9-19(18)27(24(22)28)34(29,30)21-10-8-16(31-2)13-20(21)32-3/h5-13,22H,4H2,1-3H3. The van der Waals surface area contributed by atoms with Crippen LogP contribution in [0.5, 0.6) is 17.4 Å². The lowest BCUT2D eigenvalue weighted by Crippen LogP contribution is -2.35. The molecule has 1 aliphatic rings. The van der Waals surface area contributed by atoms with Crippen LogP contribution in [-0.4, -0.2) is 40.1 Å². The summed E-state index contributed by atoms with van der Waals surface area (Å²) in [5, 5.41) is 9.42. The van der Waals surface area contributed by atoms with Crippen LogP contribution in [0.1, 0.15) is 29.5 Å². The van der Waals surface area contributed by atoms with Crippen molar-refractivity contribution in [3.05, 3.63) is 71.4 Å². The van der Waals surface area contributed by atoms with Crippen LogP contribution in [0.15, 0.2) is 59.6 Å². The van der Waals surface area contributed by atoms with Gasteiger partial charge < -0.3 is 14.2 Å². The average molecular weight is 480 g/mol. The summed E-state index contributed by atoms with van der Waals surface area (Å²) in [6.07, 6.45) is 1.53. The molecule has 2 heterocycles. The Labute approximate surface area is 197 Å². The van der Waals surface area contributed by atoms with Crippen molar-refractivity contribution < 1.29 is 27.4 Å². The third kappa shape index (κ3) is 3.70. The van der Waals surface area contributed by atoms with Gasteiger partial charge in [0.25, 0.3) is 15.9 Å². The summed E-state index contributed by atoms with van der Waals surface area (Å²) < 4.78 is 44.4. The van der Waals surface area contributed by atoms with Gasteiger partial charge in [-0.25, -0.2) is 17.7 Å². The van der Waals surface area contributed by atoms with Crippen molar-refractivity contribution >= 4 is 21.6 Å². The van der Waals surface area contributed by atoms with Crippen molar-refractivity contribution in [1.29, 1.82) is 5.26 Å². The van der Waals surface area contributed by atoms with E-state index in [1.54, 1.807) is 19.1 Å². The summed E-state index contributed by atoms with van der Waals surface area (Å²) in [5.74, 6) is -1.09. The molecule has 1 aliphatic heterocycles. The smallest absolute Gasteiger partial charge is 0.274 e. The van der Waals surface area contributed by atoms with Crippen LogP contribution in [0.3, 0.4) is 0 Å². The lowest BCUT2D eigenvalue weighted by atomic mass is 9.92. The van der Waals surface area contributed by atoms with Gasteiger partial charge >= 0.3 is 0 Å². The first-order valence-electron chi connectivity index (χ1n) is 10.3. The van der Waals surface area contributed by atoms with Gasteiger partial charge in [0.05, 0.1) is 44.1 Å². The summed E-state index contributed by atoms with van der Waals surface area (Å²) in [6, 6.07) is 14.0. The minimum absolute atomic E-state index is 0.0298. The van der Waals surface area contributed by atoms with Gasteiger partial charge in [-0.2, -0.15) is 5.26 Å². The first-order chi connectivity index (χ1) is 16.4. The molecule has 0 aliphatic carbocycles. The summed E-state index contributed by atoms with van der Waals surface area (Å²) in [5.41, 5.74) is 1.22. The molecule has 0 saturated heterocycles. The molecule has 0 N–H and O–H groups in total. The molecule has 0 bridgehead atoms. The maximum Gasteiger partial charge on any atom is 0.274 e. The third-order valence-corrected chi connectivity index (χ3v) is 7.17. The molecule has 174 valence electrons. The molecular weight excluding hydrogens is 458 g/mol. The van der Waals surface area contributed by atoms with Gasteiger partial charge in [0.1, 0.15) is 16.4 Å². The molecule has 9 nitrogen and oxygen atoms in total. The van der Waals surface area contributed by atoms with Gasteiger partial charge in [0, 0.05) is 17.8 Å². The monoisotopic (exact) mass is 479 g/mol. The van der Waals surface area contributed by atoms with Crippen molar-refractivity contribution in [3.8, 4) is 23.4 Å². The van der Waals surface area contributed by atoms with Gasteiger partial charge in [-0.1, -0.05) is 6.07 Å². The molecule has 1 atom stereocenters. The number of carbonyl (C=O) groups is 1. The first-order valence-corrected chi connectivity index (χ1v) is 11.7. The zero-order chi connectivity index (χ0) is 24.5. The van der Waals surface area contributed by atoms with Crippen molar-refractivity contribution in [2.45, 2.75) is 17.7 Å². The number of fused-ring (bicyclic) bond motifs is 1. The Morgan fingerprint density at radius 1 is 1.09 bits per heavy atom. The molecule has 0 fully saturated rings. The van der Waals surface area contributed by atoms with E-state index in [-0.39, 0.29) is 22.2 Å². The number of ether oxygens (including phenoxy) is 3. The van der Waals surface area contributed by atoms with Crippen LogP contribution in [0.25, 0.3) is 0 Å². The van der Waals surface area contributed by atoms with Crippen LogP contribution in [0.2, 0.25) is 0 Å². The van der Waals surface area contributed by atoms with E-state index in [4.69, 9.17) is 14.2 Å². The van der Waals surface area contributed by atoms with Gasteiger partial charge in [0.2, 0.25) is 5.88 Å². The van der Waals surface area contributed by atoms with Gasteiger partial charge in [-0.3, -0.25) is 4.79 Å². The van der Waals surface area contributed by atoms with Crippen molar-refractivity contribution in [1.82, 2.24) is 4.98 Å². The number of hydrogen-bond acceptors (Lipinski definition) is 8. The molecule has 0 saturated carbocycles. The van der Waals surface area contributed by atoms with E-state index in [2.05, 4.69) is 4.98 Å². The fourth-order valence-corrected chi connectivity index (χ4v) is 5.53. The number of nitrogens with zero attached hydrogens (tertiary/aromatic N) is 3. The quantitative estimate of drug-likeness (QED) is 0.507. The number of aromatic nitrogens is 1. The number of methoxy groups -OCH3 is 2. The summed E-state index contributed by atoms with van der Waals surface area (Å²) in [6.45, 7) is 2.09. The first kappa shape index (κ1) is 23.1. The second kappa shape index (κ2) is 9.03. The maximum atomic E-state index is 13.8. The zero-order valence-electron chi connectivity index (χ0n) is 18.7. The predicted octanol–water partition coefficient (Wildman–Crippen LogP) is 3.24. The highest BCUT2D eigenvalue weighted by Gasteiger charge is 2.47. The molecule has 3 aromatic rings. The molecule has 34 heavy (non-hydrogen) atoms. The van der Waals surface area contributed by atoms with E-state index in [1.165, 1.54) is 56.8 Å². The Morgan fingerprint density at radius 3 is 2.56 bits per heavy atom. The third-order valence-electron chi connectivity index (χ3n) is 5.42. The van der Waals surface area contributed by atoms with E-state index in [9.17, 15) is 18.5 Å². The molecule has 0 spiro atoms. The fraction of sp³-hybridized carbons (Fsp3) is 0.208. The Balaban J connectivity index is 1.93. The molecule has 2 aromatic carbocycles. The van der Waals surface area contributed by atoms with Gasteiger partial charge in [-0.15, -0.1) is 0 Å². The van der Waals surface area contributed by atoms with Crippen LogP contribution >= 0.6 is 0 Å². The highest BCUT2D eigenvalue weighted by Crippen LogP contribution is 2.47. The second-order valence-corrected chi connectivity index (χ2v) is 9.03. The van der Waals surface area contributed by atoms with E-state index >= 15 is 0 Å². The van der Waals surface area contributed by atoms with Crippen LogP contribution in [0, 0.1) is 11.3 Å². The van der Waals surface area contributed by atoms with E-state index in [0.717, 1.165) is 4.31 Å². The SMILES string of the molecule is CCOc1ncccc1C1C(=O)N(S(=O)(=O)c2ccc(OC)cc2OC)c2ccc(C#N)cc21. The molecule has 1 unspecified atom stereocenters. The average Bonchev–Trinajstić information content (AvgIpc) is 3.15. The van der Waals surface area contributed by atoms with E-state index < -0.39 is 21.8 Å². The Morgan fingerprint density at radius 2 is 1.88 bits per heavy atom. The van der Waals surface area contributed by atoms with E-state index in [0.29, 0.717) is 29.0 Å². The highest BCUT2D eigenvalue weighted by atomic mass is 32.2. The zero-order valence-corrected chi connectivity index (χ0v) is 19.5. The number of carbonyl (C=O) groups excluding carboxylic acids is 1. The number of sulfonamides is 1.